The molecule has 1 N–H and O–H groups in total. The van der Waals surface area contributed by atoms with E-state index in [1.807, 2.05) is 36.4 Å². The number of nitrogens with one attached hydrogen (secondary N) is 1. The fourth-order valence-electron chi connectivity index (χ4n) is 2.36. The number of para-hydroxylation sites is 1. The first-order chi connectivity index (χ1) is 12.5. The summed E-state index contributed by atoms with van der Waals surface area (Å²) in [7, 11) is 1.59. The maximum Gasteiger partial charge on any atom is 0.331 e. The molecule has 2 aromatic carbocycles. The molecule has 2 aromatic rings. The van der Waals surface area contributed by atoms with E-state index in [0.717, 1.165) is 22.6 Å². The van der Waals surface area contributed by atoms with Gasteiger partial charge in [0.1, 0.15) is 5.75 Å². The summed E-state index contributed by atoms with van der Waals surface area (Å²) in [5.74, 6) is 0.0713. The third-order valence-electron chi connectivity index (χ3n) is 3.73. The first kappa shape index (κ1) is 19.2. The highest BCUT2D eigenvalue weighted by atomic mass is 16.5. The minimum atomic E-state index is -0.576. The van der Waals surface area contributed by atoms with E-state index in [1.165, 1.54) is 6.08 Å². The lowest BCUT2D eigenvalue weighted by Gasteiger charge is -2.13. The maximum absolute atomic E-state index is 12.0. The van der Waals surface area contributed by atoms with Gasteiger partial charge in [0.15, 0.2) is 6.61 Å². The van der Waals surface area contributed by atoms with Gasteiger partial charge >= 0.3 is 5.97 Å². The van der Waals surface area contributed by atoms with Crippen molar-refractivity contribution >= 4 is 23.6 Å². The standard InChI is InChI=1S/C21H23NO4/c1-15(2)18-6-4-5-7-19(18)22-20(23)14-26-21(24)13-10-16-8-11-17(25-3)12-9-16/h4-13,15H,14H2,1-3H3,(H,22,23). The van der Waals surface area contributed by atoms with Crippen molar-refractivity contribution in [2.75, 3.05) is 19.0 Å². The maximum atomic E-state index is 12.0. The first-order valence-corrected chi connectivity index (χ1v) is 8.37. The number of esters is 1. The summed E-state index contributed by atoms with van der Waals surface area (Å²) in [6.45, 7) is 3.77. The third-order valence-corrected chi connectivity index (χ3v) is 3.73. The van der Waals surface area contributed by atoms with Crippen LogP contribution in [0.1, 0.15) is 30.9 Å². The van der Waals surface area contributed by atoms with Crippen LogP contribution in [0.25, 0.3) is 6.08 Å². The molecule has 5 heteroatoms. The Morgan fingerprint density at radius 1 is 1.08 bits per heavy atom. The number of amides is 1. The average Bonchev–Trinajstić information content (AvgIpc) is 2.65. The predicted molar refractivity (Wildman–Crippen MR) is 102 cm³/mol. The van der Waals surface area contributed by atoms with Gasteiger partial charge in [-0.15, -0.1) is 0 Å². The summed E-state index contributed by atoms with van der Waals surface area (Å²) < 4.78 is 10.1. The van der Waals surface area contributed by atoms with Crippen LogP contribution in [0.4, 0.5) is 5.69 Å². The lowest BCUT2D eigenvalue weighted by Crippen LogP contribution is -2.21. The fourth-order valence-corrected chi connectivity index (χ4v) is 2.36. The van der Waals surface area contributed by atoms with Gasteiger partial charge < -0.3 is 14.8 Å². The van der Waals surface area contributed by atoms with Crippen molar-refractivity contribution in [3.05, 3.63) is 65.7 Å². The fraction of sp³-hybridized carbons (Fsp3) is 0.238. The van der Waals surface area contributed by atoms with E-state index in [4.69, 9.17) is 9.47 Å². The Balaban J connectivity index is 1.85. The first-order valence-electron chi connectivity index (χ1n) is 8.37. The van der Waals surface area contributed by atoms with E-state index in [0.29, 0.717) is 0 Å². The summed E-state index contributed by atoms with van der Waals surface area (Å²) in [4.78, 5) is 23.8. The molecule has 0 bridgehead atoms. The highest BCUT2D eigenvalue weighted by Crippen LogP contribution is 2.23. The van der Waals surface area contributed by atoms with Crippen molar-refractivity contribution in [3.8, 4) is 5.75 Å². The van der Waals surface area contributed by atoms with Crippen LogP contribution in [0.5, 0.6) is 5.75 Å². The highest BCUT2D eigenvalue weighted by Gasteiger charge is 2.10. The molecule has 2 rings (SSSR count). The largest absolute Gasteiger partial charge is 0.497 e. The zero-order chi connectivity index (χ0) is 18.9. The van der Waals surface area contributed by atoms with Gasteiger partial charge in [0, 0.05) is 11.8 Å². The van der Waals surface area contributed by atoms with Crippen LogP contribution < -0.4 is 10.1 Å². The molecule has 0 spiro atoms. The molecule has 1 amide bonds. The summed E-state index contributed by atoms with van der Waals surface area (Å²) in [5.41, 5.74) is 2.60. The number of carbonyl (C=O) groups is 2. The van der Waals surface area contributed by atoms with E-state index in [9.17, 15) is 9.59 Å². The van der Waals surface area contributed by atoms with Gasteiger partial charge in [-0.3, -0.25) is 4.79 Å². The molecule has 0 unspecified atom stereocenters. The average molecular weight is 353 g/mol. The van der Waals surface area contributed by atoms with Crippen LogP contribution in [0.3, 0.4) is 0 Å². The molecule has 5 nitrogen and oxygen atoms in total. The van der Waals surface area contributed by atoms with Gasteiger partial charge in [-0.1, -0.05) is 44.2 Å². The highest BCUT2D eigenvalue weighted by molar-refractivity contribution is 5.95. The molecule has 0 aliphatic carbocycles. The summed E-state index contributed by atoms with van der Waals surface area (Å²) >= 11 is 0. The molecule has 0 aliphatic rings. The topological polar surface area (TPSA) is 64.6 Å². The number of benzene rings is 2. The number of methoxy groups -OCH3 is 1. The molecular weight excluding hydrogens is 330 g/mol. The van der Waals surface area contributed by atoms with E-state index in [1.54, 1.807) is 25.3 Å². The SMILES string of the molecule is COc1ccc(C=CC(=O)OCC(=O)Nc2ccccc2C(C)C)cc1. The van der Waals surface area contributed by atoms with E-state index >= 15 is 0 Å². The smallest absolute Gasteiger partial charge is 0.331 e. The molecule has 26 heavy (non-hydrogen) atoms. The lowest BCUT2D eigenvalue weighted by atomic mass is 10.0. The molecule has 0 radical (unpaired) electrons. The minimum absolute atomic E-state index is 0.279. The van der Waals surface area contributed by atoms with Gasteiger partial charge in [-0.05, 0) is 41.3 Å². The van der Waals surface area contributed by atoms with Gasteiger partial charge in [0.25, 0.3) is 5.91 Å². The number of hydrogen-bond donors (Lipinski definition) is 1. The third kappa shape index (κ3) is 5.77. The molecule has 0 saturated carbocycles. The van der Waals surface area contributed by atoms with Crippen molar-refractivity contribution in [2.45, 2.75) is 19.8 Å². The van der Waals surface area contributed by atoms with Crippen molar-refractivity contribution in [2.24, 2.45) is 0 Å². The van der Waals surface area contributed by atoms with Gasteiger partial charge in [0.05, 0.1) is 7.11 Å². The second kappa shape index (κ2) is 9.42. The zero-order valence-electron chi connectivity index (χ0n) is 15.2. The van der Waals surface area contributed by atoms with Crippen molar-refractivity contribution in [1.82, 2.24) is 0 Å². The van der Waals surface area contributed by atoms with Crippen LogP contribution >= 0.6 is 0 Å². The van der Waals surface area contributed by atoms with Crippen LogP contribution in [0.15, 0.2) is 54.6 Å². The Hall–Kier alpha value is -3.08. The Morgan fingerprint density at radius 3 is 2.42 bits per heavy atom. The van der Waals surface area contributed by atoms with E-state index in [2.05, 4.69) is 19.2 Å². The second-order valence-corrected chi connectivity index (χ2v) is 6.00. The quantitative estimate of drug-likeness (QED) is 0.603. The number of ether oxygens (including phenoxy) is 2. The van der Waals surface area contributed by atoms with Crippen LogP contribution in [-0.4, -0.2) is 25.6 Å². The normalized spacial score (nSPS) is 10.8. The van der Waals surface area contributed by atoms with E-state index in [-0.39, 0.29) is 18.4 Å². The van der Waals surface area contributed by atoms with Gasteiger partial charge in [-0.25, -0.2) is 4.79 Å². The molecule has 0 heterocycles. The van der Waals surface area contributed by atoms with Crippen LogP contribution in [-0.2, 0) is 14.3 Å². The Kier molecular flexibility index (Phi) is 6.97. The van der Waals surface area contributed by atoms with E-state index < -0.39 is 5.97 Å². The number of hydrogen-bond acceptors (Lipinski definition) is 4. The molecule has 0 fully saturated rings. The lowest BCUT2D eigenvalue weighted by molar-refractivity contribution is -0.142. The van der Waals surface area contributed by atoms with Crippen molar-refractivity contribution < 1.29 is 19.1 Å². The molecule has 0 saturated heterocycles. The monoisotopic (exact) mass is 353 g/mol. The van der Waals surface area contributed by atoms with Crippen LogP contribution in [0, 0.1) is 0 Å². The Morgan fingerprint density at radius 2 is 1.77 bits per heavy atom. The number of carbonyl (C=O) groups excluding carboxylic acids is 2. The van der Waals surface area contributed by atoms with Crippen LogP contribution in [0.2, 0.25) is 0 Å². The molecular formula is C21H23NO4. The minimum Gasteiger partial charge on any atom is -0.497 e. The predicted octanol–water partition coefficient (Wildman–Crippen LogP) is 4.01. The summed E-state index contributed by atoms with van der Waals surface area (Å²) in [5, 5.41) is 2.78. The number of rotatable bonds is 7. The molecule has 0 aromatic heterocycles. The summed E-state index contributed by atoms with van der Waals surface area (Å²) in [6, 6.07) is 14.8. The Bertz CT molecular complexity index is 779. The Labute approximate surface area is 153 Å². The van der Waals surface area contributed by atoms with Crippen molar-refractivity contribution in [1.29, 1.82) is 0 Å². The van der Waals surface area contributed by atoms with Crippen molar-refractivity contribution in [3.63, 3.8) is 0 Å². The zero-order valence-corrected chi connectivity index (χ0v) is 15.2. The van der Waals surface area contributed by atoms with Gasteiger partial charge in [0.2, 0.25) is 0 Å². The molecule has 0 aliphatic heterocycles. The second-order valence-electron chi connectivity index (χ2n) is 6.00. The molecule has 0 atom stereocenters. The summed E-state index contributed by atoms with van der Waals surface area (Å²) in [6.07, 6.45) is 2.91. The van der Waals surface area contributed by atoms with Gasteiger partial charge in [-0.2, -0.15) is 0 Å². The number of anilines is 1. The molecule has 136 valence electrons.